The van der Waals surface area contributed by atoms with Crippen LogP contribution in [0.4, 0.5) is 0 Å². The van der Waals surface area contributed by atoms with Gasteiger partial charge in [0.2, 0.25) is 5.91 Å². The number of unbranched alkanes of at least 4 members (excludes halogenated alkanes) is 36. The summed E-state index contributed by atoms with van der Waals surface area (Å²) < 4.78 is 23.7. The van der Waals surface area contributed by atoms with Crippen molar-refractivity contribution >= 4 is 13.7 Å². The molecule has 3 N–H and O–H groups in total. The van der Waals surface area contributed by atoms with Gasteiger partial charge in [0.1, 0.15) is 13.2 Å². The fourth-order valence-electron chi connectivity index (χ4n) is 8.30. The lowest BCUT2D eigenvalue weighted by atomic mass is 10.0. The fourth-order valence-corrected chi connectivity index (χ4v) is 9.03. The molecule has 0 heterocycles. The van der Waals surface area contributed by atoms with E-state index in [0.717, 1.165) is 38.5 Å². The van der Waals surface area contributed by atoms with Crippen molar-refractivity contribution in [2.75, 3.05) is 40.9 Å². The minimum absolute atomic E-state index is 0.0586. The molecule has 0 aliphatic carbocycles. The smallest absolute Gasteiger partial charge is 0.387 e. The van der Waals surface area contributed by atoms with Crippen molar-refractivity contribution in [1.29, 1.82) is 0 Å². The van der Waals surface area contributed by atoms with Crippen LogP contribution >= 0.6 is 7.82 Å². The second kappa shape index (κ2) is 47.1. The molecule has 380 valence electrons. The summed E-state index contributed by atoms with van der Waals surface area (Å²) in [5.74, 6) is -0.181. The van der Waals surface area contributed by atoms with Crippen LogP contribution in [0.1, 0.15) is 271 Å². The summed E-state index contributed by atoms with van der Waals surface area (Å²) in [5, 5.41) is 13.9. The van der Waals surface area contributed by atoms with Gasteiger partial charge in [0.15, 0.2) is 0 Å². The molecule has 0 aliphatic rings. The van der Waals surface area contributed by atoms with Crippen LogP contribution in [0, 0.1) is 0 Å². The van der Waals surface area contributed by atoms with Gasteiger partial charge < -0.3 is 19.8 Å². The van der Waals surface area contributed by atoms with Crippen LogP contribution in [0.3, 0.4) is 0 Å². The number of hydrogen-bond acceptors (Lipinski definition) is 5. The van der Waals surface area contributed by atoms with Gasteiger partial charge in [-0.2, -0.15) is 0 Å². The SMILES string of the molecule is CCCCCCCCCCCC/C=C/CC/C=C/C(O)C(COP(=O)(O)OCC[N+](C)(C)C)NC(=O)CCCCCCCCCCCCCCCCCCCCCCCCCCCC. The molecule has 0 bridgehead atoms. The number of allylic oxidation sites excluding steroid dienone is 3. The molecule has 1 amide bonds. The van der Waals surface area contributed by atoms with Gasteiger partial charge in [-0.3, -0.25) is 13.8 Å². The number of hydrogen-bond donors (Lipinski definition) is 3. The van der Waals surface area contributed by atoms with Crippen molar-refractivity contribution in [2.45, 2.75) is 283 Å². The Labute approximate surface area is 398 Å². The summed E-state index contributed by atoms with van der Waals surface area (Å²) >= 11 is 0. The monoisotopic (exact) mass is 926 g/mol. The number of phosphoric acid groups is 1. The van der Waals surface area contributed by atoms with Crippen LogP contribution in [0.25, 0.3) is 0 Å². The van der Waals surface area contributed by atoms with Crippen molar-refractivity contribution in [3.05, 3.63) is 24.3 Å². The Hall–Kier alpha value is -1.02. The fraction of sp³-hybridized carbons (Fsp3) is 0.909. The number of rotatable bonds is 51. The molecule has 0 spiro atoms. The Morgan fingerprint density at radius 1 is 0.516 bits per heavy atom. The molecule has 0 aromatic rings. The second-order valence-corrected chi connectivity index (χ2v) is 21.8. The minimum atomic E-state index is -4.35. The van der Waals surface area contributed by atoms with Gasteiger partial charge in [0.25, 0.3) is 0 Å². The molecule has 0 aromatic heterocycles. The highest BCUT2D eigenvalue weighted by Crippen LogP contribution is 2.43. The molecular weight excluding hydrogens is 816 g/mol. The van der Waals surface area contributed by atoms with Crippen LogP contribution in [0.2, 0.25) is 0 Å². The Balaban J connectivity index is 4.17. The van der Waals surface area contributed by atoms with Crippen molar-refractivity contribution in [2.24, 2.45) is 0 Å². The number of nitrogens with one attached hydrogen (secondary N) is 1. The average Bonchev–Trinajstić information content (AvgIpc) is 3.25. The molecule has 0 aliphatic heterocycles. The van der Waals surface area contributed by atoms with E-state index in [1.807, 2.05) is 27.2 Å². The van der Waals surface area contributed by atoms with E-state index < -0.39 is 20.0 Å². The average molecular weight is 926 g/mol. The number of amides is 1. The predicted octanol–water partition coefficient (Wildman–Crippen LogP) is 16.4. The van der Waals surface area contributed by atoms with Gasteiger partial charge in [0, 0.05) is 6.42 Å². The number of aliphatic hydroxyl groups excluding tert-OH is 1. The number of nitrogens with zero attached hydrogens (tertiary/aromatic N) is 1. The first kappa shape index (κ1) is 63.0. The van der Waals surface area contributed by atoms with Crippen LogP contribution in [0.15, 0.2) is 24.3 Å². The lowest BCUT2D eigenvalue weighted by Gasteiger charge is -2.25. The summed E-state index contributed by atoms with van der Waals surface area (Å²) in [6, 6.07) is -0.859. The van der Waals surface area contributed by atoms with Gasteiger partial charge in [-0.25, -0.2) is 4.57 Å². The Morgan fingerprint density at radius 2 is 0.859 bits per heavy atom. The minimum Gasteiger partial charge on any atom is -0.387 e. The lowest BCUT2D eigenvalue weighted by molar-refractivity contribution is -0.870. The van der Waals surface area contributed by atoms with Gasteiger partial charge in [-0.05, 0) is 32.1 Å². The van der Waals surface area contributed by atoms with Crippen molar-refractivity contribution in [1.82, 2.24) is 5.32 Å². The number of quaternary nitrogens is 1. The third-order valence-electron chi connectivity index (χ3n) is 12.7. The largest absolute Gasteiger partial charge is 0.472 e. The third kappa shape index (κ3) is 48.9. The Kier molecular flexibility index (Phi) is 46.3. The normalized spacial score (nSPS) is 14.2. The van der Waals surface area contributed by atoms with Gasteiger partial charge >= 0.3 is 7.82 Å². The van der Waals surface area contributed by atoms with E-state index in [4.69, 9.17) is 9.05 Å². The summed E-state index contributed by atoms with van der Waals surface area (Å²) in [4.78, 5) is 23.2. The van der Waals surface area contributed by atoms with Gasteiger partial charge in [0.05, 0.1) is 39.9 Å². The maximum Gasteiger partial charge on any atom is 0.472 e. The maximum atomic E-state index is 12.9. The Morgan fingerprint density at radius 3 is 1.25 bits per heavy atom. The highest BCUT2D eigenvalue weighted by molar-refractivity contribution is 7.47. The molecule has 0 saturated carbocycles. The number of carbonyl (C=O) groups is 1. The van der Waals surface area contributed by atoms with E-state index in [-0.39, 0.29) is 19.1 Å². The van der Waals surface area contributed by atoms with E-state index in [1.165, 1.54) is 212 Å². The zero-order valence-corrected chi connectivity index (χ0v) is 44.2. The number of carbonyl (C=O) groups excluding carboxylic acids is 1. The van der Waals surface area contributed by atoms with Crippen LogP contribution in [-0.2, 0) is 18.4 Å². The molecule has 0 rings (SSSR count). The first-order valence-corrected chi connectivity index (χ1v) is 29.2. The molecular formula is C55H110N2O6P+. The molecule has 0 saturated heterocycles. The highest BCUT2D eigenvalue weighted by atomic mass is 31.2. The van der Waals surface area contributed by atoms with Crippen LogP contribution in [-0.4, -0.2) is 73.4 Å². The molecule has 64 heavy (non-hydrogen) atoms. The van der Waals surface area contributed by atoms with Crippen molar-refractivity contribution < 1.29 is 32.9 Å². The van der Waals surface area contributed by atoms with Gasteiger partial charge in [-0.15, -0.1) is 0 Å². The van der Waals surface area contributed by atoms with Crippen LogP contribution < -0.4 is 5.32 Å². The molecule has 3 atom stereocenters. The van der Waals surface area contributed by atoms with E-state index in [1.54, 1.807) is 6.08 Å². The predicted molar refractivity (Wildman–Crippen MR) is 277 cm³/mol. The zero-order valence-electron chi connectivity index (χ0n) is 43.3. The summed E-state index contributed by atoms with van der Waals surface area (Å²) in [7, 11) is 1.57. The first-order chi connectivity index (χ1) is 31.0. The number of aliphatic hydroxyl groups is 1. The lowest BCUT2D eigenvalue weighted by Crippen LogP contribution is -2.45. The van der Waals surface area contributed by atoms with Gasteiger partial charge in [-0.1, -0.05) is 256 Å². The second-order valence-electron chi connectivity index (χ2n) is 20.3. The molecule has 8 nitrogen and oxygen atoms in total. The van der Waals surface area contributed by atoms with E-state index in [0.29, 0.717) is 17.4 Å². The molecule has 3 unspecified atom stereocenters. The Bertz CT molecular complexity index is 1090. The van der Waals surface area contributed by atoms with E-state index in [9.17, 15) is 19.4 Å². The topological polar surface area (TPSA) is 105 Å². The number of likely N-dealkylation sites (N-methyl/N-ethyl adjacent to an activating group) is 1. The summed E-state index contributed by atoms with van der Waals surface area (Å²) in [6.45, 7) is 4.83. The third-order valence-corrected chi connectivity index (χ3v) is 13.7. The molecule has 9 heteroatoms. The van der Waals surface area contributed by atoms with E-state index >= 15 is 0 Å². The highest BCUT2D eigenvalue weighted by Gasteiger charge is 2.27. The summed E-state index contributed by atoms with van der Waals surface area (Å²) in [6.07, 6.45) is 58.5. The maximum absolute atomic E-state index is 12.9. The molecule has 0 aromatic carbocycles. The number of phosphoric ester groups is 1. The zero-order chi connectivity index (χ0) is 47.1. The molecule has 0 radical (unpaired) electrons. The summed E-state index contributed by atoms with van der Waals surface area (Å²) in [5.41, 5.74) is 0. The van der Waals surface area contributed by atoms with E-state index in [2.05, 4.69) is 31.3 Å². The van der Waals surface area contributed by atoms with Crippen LogP contribution in [0.5, 0.6) is 0 Å². The standard InChI is InChI=1S/C55H109N2O6P/c1-6-8-10-12-14-16-18-20-22-24-25-26-27-28-29-30-31-32-33-35-37-39-41-43-45-47-49-55(59)56-53(52-63-64(60,61)62-51-50-57(3,4)5)54(58)48-46-44-42-40-38-36-34-23-21-19-17-15-13-11-9-7-2/h38,40,46,48,53-54,58H,6-37,39,41-45,47,49-52H2,1-5H3,(H-,56,59,60,61)/p+1/b40-38+,48-46+. The van der Waals surface area contributed by atoms with Crippen molar-refractivity contribution in [3.63, 3.8) is 0 Å². The molecule has 0 fully saturated rings. The first-order valence-electron chi connectivity index (χ1n) is 27.7. The quantitative estimate of drug-likeness (QED) is 0.0243. The van der Waals surface area contributed by atoms with Crippen molar-refractivity contribution in [3.8, 4) is 0 Å².